The zero-order chi connectivity index (χ0) is 21.0. The molecule has 158 valence electrons. The molecule has 8 nitrogen and oxygen atoms in total. The molecule has 0 bridgehead atoms. The molecule has 1 aliphatic carbocycles. The van der Waals surface area contributed by atoms with E-state index in [1.165, 1.54) is 0 Å². The maximum absolute atomic E-state index is 13.1. The lowest BCUT2D eigenvalue weighted by Crippen LogP contribution is -2.36. The molecular weight excluding hydrogens is 399 g/mol. The summed E-state index contributed by atoms with van der Waals surface area (Å²) in [4.78, 5) is 23.7. The lowest BCUT2D eigenvalue weighted by molar-refractivity contribution is -0.147. The number of aromatic nitrogens is 6. The van der Waals surface area contributed by atoms with Gasteiger partial charge < -0.3 is 9.47 Å². The molecule has 11 heteroatoms. The number of alkyl halides is 3. The monoisotopic (exact) mass is 419 g/mol. The van der Waals surface area contributed by atoms with E-state index >= 15 is 0 Å². The summed E-state index contributed by atoms with van der Waals surface area (Å²) in [7, 11) is 0. The van der Waals surface area contributed by atoms with Crippen molar-refractivity contribution < 1.29 is 13.2 Å². The Hall–Kier alpha value is -2.98. The summed E-state index contributed by atoms with van der Waals surface area (Å²) in [5.41, 5.74) is 1.31. The number of hydrogen-bond donors (Lipinski definition) is 0. The molecule has 1 saturated carbocycles. The van der Waals surface area contributed by atoms with Crippen LogP contribution in [0.15, 0.2) is 17.1 Å². The normalized spacial score (nSPS) is 17.7. The van der Waals surface area contributed by atoms with Gasteiger partial charge in [0.1, 0.15) is 5.65 Å². The molecule has 3 aromatic rings. The van der Waals surface area contributed by atoms with Crippen molar-refractivity contribution in [3.63, 3.8) is 0 Å². The highest BCUT2D eigenvalue weighted by molar-refractivity contribution is 5.79. The van der Waals surface area contributed by atoms with E-state index in [-0.39, 0.29) is 30.5 Å². The van der Waals surface area contributed by atoms with E-state index in [1.54, 1.807) is 21.7 Å². The average Bonchev–Trinajstić information content (AvgIpc) is 3.36. The van der Waals surface area contributed by atoms with Crippen LogP contribution in [0, 0.1) is 6.92 Å². The Labute approximate surface area is 169 Å². The van der Waals surface area contributed by atoms with Crippen LogP contribution < -0.4 is 10.5 Å². The van der Waals surface area contributed by atoms with Gasteiger partial charge in [-0.25, -0.2) is 4.98 Å². The smallest absolute Gasteiger partial charge is 0.331 e. The first-order valence-corrected chi connectivity index (χ1v) is 9.96. The molecule has 3 aromatic heterocycles. The lowest BCUT2D eigenvalue weighted by Gasteiger charge is -2.28. The van der Waals surface area contributed by atoms with Gasteiger partial charge >= 0.3 is 6.18 Å². The van der Waals surface area contributed by atoms with Gasteiger partial charge in [-0.1, -0.05) is 12.8 Å². The molecule has 1 fully saturated rings. The third-order valence-corrected chi connectivity index (χ3v) is 5.97. The van der Waals surface area contributed by atoms with Crippen LogP contribution in [0.1, 0.15) is 48.9 Å². The second kappa shape index (κ2) is 6.78. The molecule has 30 heavy (non-hydrogen) atoms. The molecule has 0 spiro atoms. The van der Waals surface area contributed by atoms with E-state index < -0.39 is 12.0 Å². The number of rotatable bonds is 2. The Bertz CT molecular complexity index is 1180. The zero-order valence-corrected chi connectivity index (χ0v) is 16.4. The molecule has 4 heterocycles. The van der Waals surface area contributed by atoms with Crippen molar-refractivity contribution in [3.8, 4) is 0 Å². The predicted molar refractivity (Wildman–Crippen MR) is 102 cm³/mol. The number of hydrogen-bond acceptors (Lipinski definition) is 6. The summed E-state index contributed by atoms with van der Waals surface area (Å²) < 4.78 is 42.1. The van der Waals surface area contributed by atoms with Crippen LogP contribution >= 0.6 is 0 Å². The lowest BCUT2D eigenvalue weighted by atomic mass is 10.1. The van der Waals surface area contributed by atoms with Gasteiger partial charge in [0, 0.05) is 36.8 Å². The van der Waals surface area contributed by atoms with Crippen LogP contribution in [0.2, 0.25) is 0 Å². The van der Waals surface area contributed by atoms with E-state index in [2.05, 4.69) is 15.2 Å². The molecule has 0 unspecified atom stereocenters. The van der Waals surface area contributed by atoms with Crippen molar-refractivity contribution in [1.82, 2.24) is 29.3 Å². The van der Waals surface area contributed by atoms with Crippen molar-refractivity contribution in [3.05, 3.63) is 39.8 Å². The number of fused-ring (bicyclic) bond motifs is 2. The van der Waals surface area contributed by atoms with Gasteiger partial charge in [-0.15, -0.1) is 10.2 Å². The maximum atomic E-state index is 13.1. The average molecular weight is 419 g/mol. The molecule has 0 aromatic carbocycles. The highest BCUT2D eigenvalue weighted by atomic mass is 19.4. The summed E-state index contributed by atoms with van der Waals surface area (Å²) in [6, 6.07) is 1.73. The molecule has 0 N–H and O–H groups in total. The largest absolute Gasteiger partial charge is 0.451 e. The first-order valence-electron chi connectivity index (χ1n) is 9.96. The van der Waals surface area contributed by atoms with Crippen molar-refractivity contribution in [2.75, 3.05) is 11.4 Å². The van der Waals surface area contributed by atoms with Crippen molar-refractivity contribution in [2.24, 2.45) is 0 Å². The SMILES string of the molecule is Cc1cc(=O)n(C2CCCC2)c2nc(N3CCn4c(nnc4C(F)(F)F)C3)ncc12. The minimum atomic E-state index is -4.54. The molecule has 0 radical (unpaired) electrons. The van der Waals surface area contributed by atoms with Crippen molar-refractivity contribution in [1.29, 1.82) is 0 Å². The van der Waals surface area contributed by atoms with E-state index in [1.807, 2.05) is 6.92 Å². The first kappa shape index (κ1) is 19.0. The fourth-order valence-corrected chi connectivity index (χ4v) is 4.47. The first-order chi connectivity index (χ1) is 14.3. The van der Waals surface area contributed by atoms with Crippen molar-refractivity contribution in [2.45, 2.75) is 57.9 Å². The van der Waals surface area contributed by atoms with Crippen LogP contribution in [0.5, 0.6) is 0 Å². The molecule has 2 aliphatic rings. The highest BCUT2D eigenvalue weighted by Gasteiger charge is 2.39. The predicted octanol–water partition coefficient (Wildman–Crippen LogP) is 2.85. The maximum Gasteiger partial charge on any atom is 0.451 e. The van der Waals surface area contributed by atoms with Gasteiger partial charge in [0.15, 0.2) is 5.82 Å². The number of anilines is 1. The van der Waals surface area contributed by atoms with Gasteiger partial charge in [-0.2, -0.15) is 18.2 Å². The van der Waals surface area contributed by atoms with Gasteiger partial charge in [-0.3, -0.25) is 9.36 Å². The molecule has 0 saturated heterocycles. The minimum absolute atomic E-state index is 0.0789. The van der Waals surface area contributed by atoms with Crippen LogP contribution in [-0.2, 0) is 19.3 Å². The Morgan fingerprint density at radius 3 is 2.63 bits per heavy atom. The van der Waals surface area contributed by atoms with E-state index in [0.717, 1.165) is 41.2 Å². The second-order valence-corrected chi connectivity index (χ2v) is 7.89. The summed E-state index contributed by atoms with van der Waals surface area (Å²) >= 11 is 0. The number of aryl methyl sites for hydroxylation is 1. The van der Waals surface area contributed by atoms with E-state index in [0.29, 0.717) is 18.1 Å². The zero-order valence-electron chi connectivity index (χ0n) is 16.4. The van der Waals surface area contributed by atoms with Gasteiger partial charge in [0.05, 0.1) is 6.54 Å². The number of pyridine rings is 1. The van der Waals surface area contributed by atoms with Crippen LogP contribution in [0.3, 0.4) is 0 Å². The fourth-order valence-electron chi connectivity index (χ4n) is 4.47. The molecule has 0 amide bonds. The molecule has 5 rings (SSSR count). The molecular formula is C19H20F3N7O. The Morgan fingerprint density at radius 2 is 1.90 bits per heavy atom. The van der Waals surface area contributed by atoms with Crippen molar-refractivity contribution >= 4 is 17.0 Å². The summed E-state index contributed by atoms with van der Waals surface area (Å²) in [6.45, 7) is 2.35. The summed E-state index contributed by atoms with van der Waals surface area (Å²) in [5.74, 6) is -0.390. The second-order valence-electron chi connectivity index (χ2n) is 7.89. The van der Waals surface area contributed by atoms with E-state index in [9.17, 15) is 18.0 Å². The third-order valence-electron chi connectivity index (χ3n) is 5.97. The van der Waals surface area contributed by atoms with Crippen LogP contribution in [-0.4, -0.2) is 35.8 Å². The number of nitrogens with zero attached hydrogens (tertiary/aromatic N) is 7. The Balaban J connectivity index is 1.55. The van der Waals surface area contributed by atoms with Crippen LogP contribution in [0.4, 0.5) is 19.1 Å². The molecule has 0 atom stereocenters. The topological polar surface area (TPSA) is 81.7 Å². The molecule has 1 aliphatic heterocycles. The standard InChI is InChI=1S/C19H20F3N7O/c1-11-8-15(30)29(12-4-2-3-5-12)16-13(11)9-23-18(24-16)27-6-7-28-14(10-27)25-26-17(28)19(20,21)22/h8-9,12H,2-7,10H2,1H3. The van der Waals surface area contributed by atoms with Gasteiger partial charge in [0.2, 0.25) is 11.8 Å². The van der Waals surface area contributed by atoms with E-state index in [4.69, 9.17) is 4.98 Å². The quantitative estimate of drug-likeness (QED) is 0.635. The third kappa shape index (κ3) is 3.03. The number of halogens is 3. The van der Waals surface area contributed by atoms with Crippen LogP contribution in [0.25, 0.3) is 11.0 Å². The summed E-state index contributed by atoms with van der Waals surface area (Å²) in [6.07, 6.45) is 1.18. The minimum Gasteiger partial charge on any atom is -0.331 e. The fraction of sp³-hybridized carbons (Fsp3) is 0.526. The Kier molecular flexibility index (Phi) is 4.30. The van der Waals surface area contributed by atoms with Gasteiger partial charge in [0.25, 0.3) is 5.56 Å². The highest BCUT2D eigenvalue weighted by Crippen LogP contribution is 2.32. The Morgan fingerprint density at radius 1 is 1.13 bits per heavy atom. The summed E-state index contributed by atoms with van der Waals surface area (Å²) in [5, 5.41) is 7.83. The van der Waals surface area contributed by atoms with Gasteiger partial charge in [-0.05, 0) is 25.3 Å².